The molecule has 1 aliphatic heterocycles. The van der Waals surface area contributed by atoms with E-state index in [0.717, 1.165) is 0 Å². The van der Waals surface area contributed by atoms with Gasteiger partial charge in [0.1, 0.15) is 22.3 Å². The van der Waals surface area contributed by atoms with Gasteiger partial charge in [-0.25, -0.2) is 0 Å². The molecule has 0 radical (unpaired) electrons. The molecule has 0 saturated carbocycles. The van der Waals surface area contributed by atoms with E-state index in [9.17, 15) is 14.7 Å². The Hall–Kier alpha value is -3.88. The Morgan fingerprint density at radius 3 is 2.15 bits per heavy atom. The third kappa shape index (κ3) is 5.22. The Morgan fingerprint density at radius 2 is 1.56 bits per heavy atom. The first-order valence-corrected chi connectivity index (χ1v) is 12.7. The molecule has 8 nitrogen and oxygen atoms in total. The number of hydrogen-bond acceptors (Lipinski definition) is 7. The number of halogens is 2. The molecule has 10 heteroatoms. The number of rotatable bonds is 8. The van der Waals surface area contributed by atoms with E-state index in [1.807, 2.05) is 13.8 Å². The summed E-state index contributed by atoms with van der Waals surface area (Å²) >= 11 is 12.8. The number of ether oxygens (including phenoxy) is 4. The van der Waals surface area contributed by atoms with Crippen LogP contribution in [0.1, 0.15) is 31.0 Å². The number of anilines is 1. The molecule has 1 N–H and O–H groups in total. The van der Waals surface area contributed by atoms with Crippen LogP contribution in [0.2, 0.25) is 10.0 Å². The van der Waals surface area contributed by atoms with Crippen molar-refractivity contribution in [2.45, 2.75) is 26.0 Å². The van der Waals surface area contributed by atoms with Crippen molar-refractivity contribution < 1.29 is 33.6 Å². The van der Waals surface area contributed by atoms with Crippen LogP contribution >= 0.6 is 23.2 Å². The lowest BCUT2D eigenvalue weighted by molar-refractivity contribution is -0.132. The van der Waals surface area contributed by atoms with Crippen LogP contribution in [-0.2, 0) is 9.59 Å². The molecule has 1 atom stereocenters. The zero-order chi connectivity index (χ0) is 28.4. The number of ketones is 1. The number of methoxy groups -OCH3 is 3. The van der Waals surface area contributed by atoms with Crippen molar-refractivity contribution in [1.82, 2.24) is 0 Å². The maximum absolute atomic E-state index is 13.6. The van der Waals surface area contributed by atoms with E-state index in [1.165, 1.54) is 32.3 Å². The van der Waals surface area contributed by atoms with Crippen LogP contribution in [0, 0.1) is 0 Å². The summed E-state index contributed by atoms with van der Waals surface area (Å²) in [6.07, 6.45) is -0.0460. The Balaban J connectivity index is 1.98. The van der Waals surface area contributed by atoms with Gasteiger partial charge in [0.05, 0.1) is 49.6 Å². The standard InChI is InChI=1S/C29H27Cl2NO7/c1-15(2)39-18-11-9-16(10-12-18)24-22(25(33)20-14-21(30)28(38-5)23(31)27(20)37-4)26(34)29(35)32(24)17-7-6-8-19(13-17)36-3/h6-15,24,33H,1-5H3/b25-22+. The summed E-state index contributed by atoms with van der Waals surface area (Å²) < 4.78 is 21.8. The number of Topliss-reactive ketones (excluding diaryl/α,β-unsaturated/α-hetero) is 1. The summed E-state index contributed by atoms with van der Waals surface area (Å²) in [6.45, 7) is 3.81. The SMILES string of the molecule is COc1cccc(N2C(=O)C(=O)/C(=C(/O)c3cc(Cl)c(OC)c(Cl)c3OC)C2c2ccc(OC(C)C)cc2)c1. The molecule has 1 saturated heterocycles. The van der Waals surface area contributed by atoms with Crippen LogP contribution in [0.3, 0.4) is 0 Å². The third-order valence-electron chi connectivity index (χ3n) is 6.14. The molecule has 0 aliphatic carbocycles. The predicted octanol–water partition coefficient (Wildman–Crippen LogP) is 6.43. The van der Waals surface area contributed by atoms with Crippen LogP contribution in [0.25, 0.3) is 5.76 Å². The molecule has 0 aromatic heterocycles. The van der Waals surface area contributed by atoms with Gasteiger partial charge >= 0.3 is 0 Å². The highest BCUT2D eigenvalue weighted by molar-refractivity contribution is 6.52. The van der Waals surface area contributed by atoms with Crippen molar-refractivity contribution in [3.63, 3.8) is 0 Å². The second kappa shape index (κ2) is 11.5. The summed E-state index contributed by atoms with van der Waals surface area (Å²) in [5, 5.41) is 11.7. The first-order chi connectivity index (χ1) is 18.6. The van der Waals surface area contributed by atoms with Gasteiger partial charge in [-0.3, -0.25) is 14.5 Å². The van der Waals surface area contributed by atoms with Gasteiger partial charge in [-0.15, -0.1) is 0 Å². The fraction of sp³-hybridized carbons (Fsp3) is 0.241. The van der Waals surface area contributed by atoms with Crippen LogP contribution in [0.5, 0.6) is 23.0 Å². The molecule has 1 unspecified atom stereocenters. The Bertz CT molecular complexity index is 1450. The molecule has 3 aromatic carbocycles. The lowest BCUT2D eigenvalue weighted by Crippen LogP contribution is -2.29. The van der Waals surface area contributed by atoms with E-state index in [1.54, 1.807) is 48.5 Å². The molecule has 204 valence electrons. The summed E-state index contributed by atoms with van der Waals surface area (Å²) in [5.74, 6) is -0.959. The second-order valence-electron chi connectivity index (χ2n) is 8.89. The first kappa shape index (κ1) is 28.1. The van der Waals surface area contributed by atoms with Crippen LogP contribution in [0.4, 0.5) is 5.69 Å². The summed E-state index contributed by atoms with van der Waals surface area (Å²) in [4.78, 5) is 28.4. The van der Waals surface area contributed by atoms with Crippen molar-refractivity contribution in [1.29, 1.82) is 0 Å². The number of carbonyl (C=O) groups is 2. The number of benzene rings is 3. The molecule has 1 aliphatic rings. The quantitative estimate of drug-likeness (QED) is 0.189. The molecule has 39 heavy (non-hydrogen) atoms. The minimum absolute atomic E-state index is 0.00260. The van der Waals surface area contributed by atoms with Crippen LogP contribution < -0.4 is 23.8 Å². The normalized spacial score (nSPS) is 16.5. The minimum Gasteiger partial charge on any atom is -0.507 e. The predicted molar refractivity (Wildman–Crippen MR) is 150 cm³/mol. The van der Waals surface area contributed by atoms with Gasteiger partial charge in [0.25, 0.3) is 11.7 Å². The summed E-state index contributed by atoms with van der Waals surface area (Å²) in [7, 11) is 4.24. The van der Waals surface area contributed by atoms with Crippen molar-refractivity contribution in [2.75, 3.05) is 26.2 Å². The molecular weight excluding hydrogens is 545 g/mol. The van der Waals surface area contributed by atoms with Crippen LogP contribution in [-0.4, -0.2) is 44.2 Å². The molecule has 1 amide bonds. The smallest absolute Gasteiger partial charge is 0.300 e. The van der Waals surface area contributed by atoms with E-state index in [2.05, 4.69) is 0 Å². The van der Waals surface area contributed by atoms with E-state index in [0.29, 0.717) is 22.7 Å². The first-order valence-electron chi connectivity index (χ1n) is 11.9. The number of hydrogen-bond donors (Lipinski definition) is 1. The average Bonchev–Trinajstić information content (AvgIpc) is 3.18. The van der Waals surface area contributed by atoms with Crippen molar-refractivity contribution in [2.24, 2.45) is 0 Å². The molecular formula is C29H27Cl2NO7. The van der Waals surface area contributed by atoms with Gasteiger partial charge in [0, 0.05) is 11.8 Å². The number of amides is 1. The summed E-state index contributed by atoms with van der Waals surface area (Å²) in [6, 6.07) is 14.1. The lowest BCUT2D eigenvalue weighted by Gasteiger charge is -2.26. The lowest BCUT2D eigenvalue weighted by atomic mass is 9.94. The zero-order valence-corrected chi connectivity index (χ0v) is 23.5. The number of aliphatic hydroxyl groups excluding tert-OH is 1. The Labute approximate surface area is 236 Å². The third-order valence-corrected chi connectivity index (χ3v) is 6.76. The molecule has 0 spiro atoms. The van der Waals surface area contributed by atoms with Crippen molar-refractivity contribution in [3.8, 4) is 23.0 Å². The monoisotopic (exact) mass is 571 g/mol. The van der Waals surface area contributed by atoms with Crippen LogP contribution in [0.15, 0.2) is 60.2 Å². The highest BCUT2D eigenvalue weighted by Crippen LogP contribution is 2.48. The van der Waals surface area contributed by atoms with Crippen molar-refractivity contribution in [3.05, 3.63) is 81.3 Å². The molecule has 1 heterocycles. The Morgan fingerprint density at radius 1 is 0.897 bits per heavy atom. The van der Waals surface area contributed by atoms with Gasteiger partial charge in [0.15, 0.2) is 11.5 Å². The number of carbonyl (C=O) groups excluding carboxylic acids is 2. The maximum Gasteiger partial charge on any atom is 0.300 e. The fourth-order valence-corrected chi connectivity index (χ4v) is 5.15. The topological polar surface area (TPSA) is 94.5 Å². The fourth-order valence-electron chi connectivity index (χ4n) is 4.47. The summed E-state index contributed by atoms with van der Waals surface area (Å²) in [5.41, 5.74) is 0.817. The number of nitrogens with zero attached hydrogens (tertiary/aromatic N) is 1. The Kier molecular flexibility index (Phi) is 8.28. The van der Waals surface area contributed by atoms with Gasteiger partial charge in [0.2, 0.25) is 0 Å². The molecule has 0 bridgehead atoms. The van der Waals surface area contributed by atoms with Crippen molar-refractivity contribution >= 4 is 46.3 Å². The molecule has 4 rings (SSSR count). The minimum atomic E-state index is -1.01. The van der Waals surface area contributed by atoms with E-state index >= 15 is 0 Å². The largest absolute Gasteiger partial charge is 0.507 e. The van der Waals surface area contributed by atoms with E-state index < -0.39 is 23.5 Å². The van der Waals surface area contributed by atoms with Gasteiger partial charge in [-0.2, -0.15) is 0 Å². The maximum atomic E-state index is 13.6. The molecule has 3 aromatic rings. The van der Waals surface area contributed by atoms with Gasteiger partial charge in [-0.1, -0.05) is 41.4 Å². The second-order valence-corrected chi connectivity index (χ2v) is 9.68. The molecule has 1 fully saturated rings. The number of aliphatic hydroxyl groups is 1. The van der Waals surface area contributed by atoms with E-state index in [-0.39, 0.29) is 38.8 Å². The van der Waals surface area contributed by atoms with Gasteiger partial charge in [-0.05, 0) is 49.7 Å². The van der Waals surface area contributed by atoms with E-state index in [4.69, 9.17) is 42.1 Å². The highest BCUT2D eigenvalue weighted by atomic mass is 35.5. The average molecular weight is 572 g/mol. The zero-order valence-electron chi connectivity index (χ0n) is 22.0. The highest BCUT2D eigenvalue weighted by Gasteiger charge is 2.47. The van der Waals surface area contributed by atoms with Gasteiger partial charge < -0.3 is 24.1 Å².